The highest BCUT2D eigenvalue weighted by molar-refractivity contribution is 5.83. The van der Waals surface area contributed by atoms with Crippen molar-refractivity contribution in [2.24, 2.45) is 0 Å². The third-order valence-corrected chi connectivity index (χ3v) is 5.64. The third kappa shape index (κ3) is 4.32. The molecule has 7 nitrogen and oxygen atoms in total. The van der Waals surface area contributed by atoms with Crippen molar-refractivity contribution in [3.63, 3.8) is 0 Å². The number of rotatable bonds is 7. The van der Waals surface area contributed by atoms with E-state index in [9.17, 15) is 9.59 Å². The van der Waals surface area contributed by atoms with Crippen LogP contribution in [0.15, 0.2) is 65.5 Å². The standard InChI is InChI=1S/C25H27N5O2/c1-17(20-11-6-4-7-12-20)26-22(31)15-10-16-29-25(32)24-23(18(2)27-29)19(3)30(28-24)21-13-8-5-9-14-21/h4-9,11-14,17H,10,15-16H2,1-3H3,(H,26,31)/t17-/m0/s1. The zero-order valence-electron chi connectivity index (χ0n) is 18.6. The summed E-state index contributed by atoms with van der Waals surface area (Å²) in [6.07, 6.45) is 0.837. The fourth-order valence-corrected chi connectivity index (χ4v) is 3.98. The lowest BCUT2D eigenvalue weighted by Gasteiger charge is -2.14. The first kappa shape index (κ1) is 21.5. The first-order valence-corrected chi connectivity index (χ1v) is 10.8. The maximum absolute atomic E-state index is 13.0. The minimum atomic E-state index is -0.235. The maximum Gasteiger partial charge on any atom is 0.295 e. The summed E-state index contributed by atoms with van der Waals surface area (Å²) in [4.78, 5) is 25.4. The van der Waals surface area contributed by atoms with E-state index in [-0.39, 0.29) is 17.5 Å². The maximum atomic E-state index is 13.0. The Morgan fingerprint density at radius 3 is 2.34 bits per heavy atom. The number of hydrogen-bond donors (Lipinski definition) is 1. The molecule has 0 saturated carbocycles. The van der Waals surface area contributed by atoms with Gasteiger partial charge in [-0.2, -0.15) is 10.2 Å². The summed E-state index contributed by atoms with van der Waals surface area (Å²) in [5, 5.41) is 12.9. The van der Waals surface area contributed by atoms with Gasteiger partial charge < -0.3 is 5.32 Å². The van der Waals surface area contributed by atoms with Gasteiger partial charge in [-0.25, -0.2) is 9.36 Å². The molecule has 4 rings (SSSR count). The van der Waals surface area contributed by atoms with Crippen LogP contribution in [-0.4, -0.2) is 25.5 Å². The normalized spacial score (nSPS) is 12.1. The molecule has 0 bridgehead atoms. The van der Waals surface area contributed by atoms with Gasteiger partial charge in [-0.1, -0.05) is 48.5 Å². The van der Waals surface area contributed by atoms with Crippen LogP contribution in [0.1, 0.15) is 42.8 Å². The van der Waals surface area contributed by atoms with Crippen LogP contribution in [0.5, 0.6) is 0 Å². The minimum Gasteiger partial charge on any atom is -0.350 e. The molecule has 0 aliphatic carbocycles. The number of hydrogen-bond acceptors (Lipinski definition) is 4. The molecule has 0 spiro atoms. The van der Waals surface area contributed by atoms with Gasteiger partial charge in [-0.05, 0) is 44.9 Å². The number of aromatic nitrogens is 4. The Morgan fingerprint density at radius 2 is 1.66 bits per heavy atom. The van der Waals surface area contributed by atoms with Gasteiger partial charge in [0.2, 0.25) is 5.91 Å². The molecule has 7 heteroatoms. The van der Waals surface area contributed by atoms with E-state index >= 15 is 0 Å². The van der Waals surface area contributed by atoms with Crippen molar-refractivity contribution in [2.75, 3.05) is 0 Å². The van der Waals surface area contributed by atoms with Gasteiger partial charge in [0.05, 0.1) is 28.5 Å². The second-order valence-electron chi connectivity index (χ2n) is 7.97. The Kier molecular flexibility index (Phi) is 6.16. The van der Waals surface area contributed by atoms with Gasteiger partial charge in [0.1, 0.15) is 0 Å². The van der Waals surface area contributed by atoms with Crippen molar-refractivity contribution in [1.29, 1.82) is 0 Å². The van der Waals surface area contributed by atoms with Gasteiger partial charge in [-0.3, -0.25) is 9.59 Å². The Morgan fingerprint density at radius 1 is 1.00 bits per heavy atom. The van der Waals surface area contributed by atoms with E-state index in [2.05, 4.69) is 15.5 Å². The quantitative estimate of drug-likeness (QED) is 0.484. The second-order valence-corrected chi connectivity index (χ2v) is 7.97. The fraction of sp³-hybridized carbons (Fsp3) is 0.280. The van der Waals surface area contributed by atoms with Crippen LogP contribution in [0.3, 0.4) is 0 Å². The molecule has 32 heavy (non-hydrogen) atoms. The first-order chi connectivity index (χ1) is 15.5. The van der Waals surface area contributed by atoms with Gasteiger partial charge in [0.15, 0.2) is 5.52 Å². The summed E-state index contributed by atoms with van der Waals surface area (Å²) < 4.78 is 3.21. The van der Waals surface area contributed by atoms with Crippen molar-refractivity contribution in [2.45, 2.75) is 46.2 Å². The van der Waals surface area contributed by atoms with Crippen molar-refractivity contribution < 1.29 is 4.79 Å². The molecule has 0 fully saturated rings. The summed E-state index contributed by atoms with van der Waals surface area (Å²) in [6, 6.07) is 19.5. The zero-order chi connectivity index (χ0) is 22.7. The smallest absolute Gasteiger partial charge is 0.295 e. The third-order valence-electron chi connectivity index (χ3n) is 5.64. The number of aryl methyl sites for hydroxylation is 3. The van der Waals surface area contributed by atoms with Gasteiger partial charge in [-0.15, -0.1) is 0 Å². The largest absolute Gasteiger partial charge is 0.350 e. The highest BCUT2D eigenvalue weighted by Gasteiger charge is 2.17. The molecular formula is C25H27N5O2. The van der Waals surface area contributed by atoms with Crippen LogP contribution in [0.2, 0.25) is 0 Å². The number of benzene rings is 2. The van der Waals surface area contributed by atoms with Crippen molar-refractivity contribution in [1.82, 2.24) is 24.9 Å². The molecule has 4 aromatic rings. The SMILES string of the molecule is Cc1nn(CCCC(=O)N[C@@H](C)c2ccccc2)c(=O)c2nn(-c3ccccc3)c(C)c12. The van der Waals surface area contributed by atoms with E-state index in [1.165, 1.54) is 4.68 Å². The van der Waals surface area contributed by atoms with Crippen LogP contribution in [0.4, 0.5) is 0 Å². The molecule has 2 aromatic carbocycles. The topological polar surface area (TPSA) is 81.8 Å². The van der Waals surface area contributed by atoms with E-state index in [0.717, 1.165) is 28.0 Å². The number of nitrogens with zero attached hydrogens (tertiary/aromatic N) is 4. The van der Waals surface area contributed by atoms with Gasteiger partial charge in [0.25, 0.3) is 5.56 Å². The summed E-state index contributed by atoms with van der Waals surface area (Å²) in [7, 11) is 0. The molecule has 164 valence electrons. The molecule has 1 N–H and O–H groups in total. The van der Waals surface area contributed by atoms with Crippen LogP contribution in [0, 0.1) is 13.8 Å². The Balaban J connectivity index is 1.47. The Hall–Kier alpha value is -3.74. The first-order valence-electron chi connectivity index (χ1n) is 10.8. The van der Waals surface area contributed by atoms with Gasteiger partial charge in [0, 0.05) is 13.0 Å². The molecule has 1 atom stereocenters. The van der Waals surface area contributed by atoms with Crippen LogP contribution >= 0.6 is 0 Å². The monoisotopic (exact) mass is 429 g/mol. The number of nitrogens with one attached hydrogen (secondary N) is 1. The van der Waals surface area contributed by atoms with Crippen LogP contribution < -0.4 is 10.9 Å². The molecule has 0 radical (unpaired) electrons. The number of carbonyl (C=O) groups excluding carboxylic acids is 1. The van der Waals surface area contributed by atoms with E-state index in [1.54, 1.807) is 4.68 Å². The summed E-state index contributed by atoms with van der Waals surface area (Å²) in [5.41, 5.74) is 3.76. The highest BCUT2D eigenvalue weighted by Crippen LogP contribution is 2.21. The van der Waals surface area contributed by atoms with E-state index < -0.39 is 0 Å². The van der Waals surface area contributed by atoms with Crippen molar-refractivity contribution >= 4 is 16.8 Å². The Labute approximate surface area is 186 Å². The van der Waals surface area contributed by atoms with E-state index in [0.29, 0.717) is 24.9 Å². The minimum absolute atomic E-state index is 0.0450. The molecule has 0 aliphatic heterocycles. The summed E-state index contributed by atoms with van der Waals surface area (Å²) >= 11 is 0. The Bertz CT molecular complexity index is 1290. The molecule has 1 amide bonds. The highest BCUT2D eigenvalue weighted by atomic mass is 16.1. The predicted octanol–water partition coefficient (Wildman–Crippen LogP) is 3.86. The molecule has 0 unspecified atom stereocenters. The van der Waals surface area contributed by atoms with E-state index in [4.69, 9.17) is 0 Å². The average molecular weight is 430 g/mol. The number of amides is 1. The molecule has 2 aromatic heterocycles. The average Bonchev–Trinajstić information content (AvgIpc) is 3.16. The zero-order valence-corrected chi connectivity index (χ0v) is 18.6. The lowest BCUT2D eigenvalue weighted by atomic mass is 10.1. The van der Waals surface area contributed by atoms with Crippen LogP contribution in [0.25, 0.3) is 16.6 Å². The van der Waals surface area contributed by atoms with Crippen LogP contribution in [-0.2, 0) is 11.3 Å². The van der Waals surface area contributed by atoms with Crippen molar-refractivity contribution in [3.8, 4) is 5.69 Å². The number of carbonyl (C=O) groups is 1. The molecule has 0 aliphatic rings. The summed E-state index contributed by atoms with van der Waals surface area (Å²) in [6.45, 7) is 6.15. The molecule has 2 heterocycles. The molecule has 0 saturated heterocycles. The number of para-hydroxylation sites is 1. The van der Waals surface area contributed by atoms with Gasteiger partial charge >= 0.3 is 0 Å². The van der Waals surface area contributed by atoms with Crippen molar-refractivity contribution in [3.05, 3.63) is 88.0 Å². The van der Waals surface area contributed by atoms with E-state index in [1.807, 2.05) is 81.4 Å². The lowest BCUT2D eigenvalue weighted by molar-refractivity contribution is -0.121. The summed E-state index contributed by atoms with van der Waals surface area (Å²) in [5.74, 6) is -0.0450. The molecular weight excluding hydrogens is 402 g/mol. The number of fused-ring (bicyclic) bond motifs is 1. The fourth-order valence-electron chi connectivity index (χ4n) is 3.98. The lowest BCUT2D eigenvalue weighted by Crippen LogP contribution is -2.28. The predicted molar refractivity (Wildman–Crippen MR) is 125 cm³/mol. The second kappa shape index (κ2) is 9.18.